The molecule has 0 saturated carbocycles. The molecular formula is C15H12INO5. The van der Waals surface area contributed by atoms with Gasteiger partial charge in [0, 0.05) is 12.1 Å². The smallest absolute Gasteiger partial charge is 0.352 e. The van der Waals surface area contributed by atoms with Crippen molar-refractivity contribution in [2.45, 2.75) is 13.0 Å². The number of rotatable bonds is 5. The van der Waals surface area contributed by atoms with Gasteiger partial charge < -0.3 is 9.47 Å². The van der Waals surface area contributed by atoms with Crippen molar-refractivity contribution in [3.8, 4) is 11.5 Å². The molecule has 0 fully saturated rings. The van der Waals surface area contributed by atoms with Gasteiger partial charge in [0.2, 0.25) is 0 Å². The minimum atomic E-state index is -0.800. The van der Waals surface area contributed by atoms with Crippen molar-refractivity contribution in [3.63, 3.8) is 0 Å². The van der Waals surface area contributed by atoms with Crippen LogP contribution in [0.5, 0.6) is 11.5 Å². The summed E-state index contributed by atoms with van der Waals surface area (Å²) >= 11 is 2.11. The van der Waals surface area contributed by atoms with Gasteiger partial charge in [-0.1, -0.05) is 12.1 Å². The second-order valence-corrected chi connectivity index (χ2v) is 5.52. The van der Waals surface area contributed by atoms with Crippen LogP contribution in [-0.2, 0) is 4.79 Å². The number of hydrogen-bond donors (Lipinski definition) is 0. The number of benzene rings is 2. The summed E-state index contributed by atoms with van der Waals surface area (Å²) in [6, 6.07) is 12.6. The van der Waals surface area contributed by atoms with Crippen molar-refractivity contribution in [2.75, 3.05) is 0 Å². The molecule has 0 bridgehead atoms. The molecule has 0 heterocycles. The summed E-state index contributed by atoms with van der Waals surface area (Å²) in [5, 5.41) is 10.6. The third-order valence-electron chi connectivity index (χ3n) is 2.74. The molecule has 1 unspecified atom stereocenters. The molecule has 22 heavy (non-hydrogen) atoms. The first-order chi connectivity index (χ1) is 10.5. The fraction of sp³-hybridized carbons (Fsp3) is 0.133. The van der Waals surface area contributed by atoms with Gasteiger partial charge in [-0.2, -0.15) is 0 Å². The lowest BCUT2D eigenvalue weighted by Gasteiger charge is -2.14. The summed E-state index contributed by atoms with van der Waals surface area (Å²) < 4.78 is 11.6. The molecule has 0 saturated heterocycles. The molecule has 0 aliphatic heterocycles. The van der Waals surface area contributed by atoms with Gasteiger partial charge in [0.25, 0.3) is 5.69 Å². The fourth-order valence-corrected chi connectivity index (χ4v) is 2.13. The van der Waals surface area contributed by atoms with E-state index in [0.29, 0.717) is 5.75 Å². The molecule has 0 aliphatic rings. The van der Waals surface area contributed by atoms with Crippen molar-refractivity contribution >= 4 is 34.2 Å². The first-order valence-electron chi connectivity index (χ1n) is 6.34. The molecule has 2 rings (SSSR count). The zero-order valence-electron chi connectivity index (χ0n) is 11.6. The van der Waals surface area contributed by atoms with E-state index in [9.17, 15) is 14.9 Å². The number of carbonyl (C=O) groups is 1. The van der Waals surface area contributed by atoms with E-state index in [4.69, 9.17) is 9.47 Å². The highest BCUT2D eigenvalue weighted by atomic mass is 127. The Morgan fingerprint density at radius 1 is 1.18 bits per heavy atom. The lowest BCUT2D eigenvalue weighted by Crippen LogP contribution is -2.28. The predicted octanol–water partition coefficient (Wildman–Crippen LogP) is 3.57. The van der Waals surface area contributed by atoms with Crippen molar-refractivity contribution in [2.24, 2.45) is 0 Å². The zero-order chi connectivity index (χ0) is 16.1. The highest BCUT2D eigenvalue weighted by molar-refractivity contribution is 14.1. The van der Waals surface area contributed by atoms with Crippen LogP contribution in [0.3, 0.4) is 0 Å². The molecule has 0 spiro atoms. The quantitative estimate of drug-likeness (QED) is 0.246. The number of para-hydroxylation sites is 1. The van der Waals surface area contributed by atoms with Crippen molar-refractivity contribution < 1.29 is 19.2 Å². The topological polar surface area (TPSA) is 78.7 Å². The lowest BCUT2D eigenvalue weighted by atomic mass is 10.3. The molecular weight excluding hydrogens is 401 g/mol. The molecule has 7 heteroatoms. The Balaban J connectivity index is 1.99. The number of nitro benzene ring substituents is 1. The Labute approximate surface area is 140 Å². The molecule has 0 radical (unpaired) electrons. The second-order valence-electron chi connectivity index (χ2n) is 4.36. The van der Waals surface area contributed by atoms with Crippen molar-refractivity contribution in [3.05, 3.63) is 62.2 Å². The lowest BCUT2D eigenvalue weighted by molar-refractivity contribution is -0.384. The van der Waals surface area contributed by atoms with E-state index in [1.54, 1.807) is 13.0 Å². The number of nitrogens with zero attached hydrogens (tertiary/aromatic N) is 1. The summed E-state index contributed by atoms with van der Waals surface area (Å²) in [4.78, 5) is 22.0. The number of esters is 1. The monoisotopic (exact) mass is 413 g/mol. The van der Waals surface area contributed by atoms with E-state index in [0.717, 1.165) is 3.57 Å². The highest BCUT2D eigenvalue weighted by Crippen LogP contribution is 2.22. The van der Waals surface area contributed by atoms with E-state index in [1.807, 2.05) is 18.2 Å². The second kappa shape index (κ2) is 7.21. The minimum absolute atomic E-state index is 0.0667. The summed E-state index contributed by atoms with van der Waals surface area (Å²) in [5.74, 6) is 0.249. The maximum absolute atomic E-state index is 12.0. The van der Waals surface area contributed by atoms with Crippen LogP contribution in [0.25, 0.3) is 0 Å². The zero-order valence-corrected chi connectivity index (χ0v) is 13.7. The number of hydrogen-bond acceptors (Lipinski definition) is 5. The van der Waals surface area contributed by atoms with Crippen molar-refractivity contribution in [1.82, 2.24) is 0 Å². The van der Waals surface area contributed by atoms with Crippen LogP contribution in [0.15, 0.2) is 48.5 Å². The van der Waals surface area contributed by atoms with Gasteiger partial charge in [0.05, 0.1) is 8.49 Å². The van der Waals surface area contributed by atoms with Crippen LogP contribution in [-0.4, -0.2) is 17.0 Å². The standard InChI is InChI=1S/C15H12INO5/c1-10(21-14-5-3-2-4-13(14)16)15(18)22-12-8-6-11(7-9-12)17(19)20/h2-10H,1H3. The summed E-state index contributed by atoms with van der Waals surface area (Å²) in [5.41, 5.74) is -0.0667. The molecule has 114 valence electrons. The van der Waals surface area contributed by atoms with Gasteiger partial charge in [-0.05, 0) is 53.8 Å². The van der Waals surface area contributed by atoms with E-state index in [2.05, 4.69) is 22.6 Å². The Morgan fingerprint density at radius 2 is 1.82 bits per heavy atom. The highest BCUT2D eigenvalue weighted by Gasteiger charge is 2.18. The average Bonchev–Trinajstić information content (AvgIpc) is 2.50. The molecule has 2 aromatic rings. The first-order valence-corrected chi connectivity index (χ1v) is 7.42. The van der Waals surface area contributed by atoms with Crippen molar-refractivity contribution in [1.29, 1.82) is 0 Å². The van der Waals surface area contributed by atoms with E-state index in [1.165, 1.54) is 24.3 Å². The Morgan fingerprint density at radius 3 is 2.41 bits per heavy atom. The van der Waals surface area contributed by atoms with E-state index in [-0.39, 0.29) is 11.4 Å². The van der Waals surface area contributed by atoms with Crippen LogP contribution in [0, 0.1) is 13.7 Å². The van der Waals surface area contributed by atoms with Crippen LogP contribution >= 0.6 is 22.6 Å². The van der Waals surface area contributed by atoms with Crippen LogP contribution in [0.4, 0.5) is 5.69 Å². The maximum atomic E-state index is 12.0. The third-order valence-corrected chi connectivity index (χ3v) is 3.63. The average molecular weight is 413 g/mol. The molecule has 0 aromatic heterocycles. The van der Waals surface area contributed by atoms with Gasteiger partial charge in [-0.25, -0.2) is 4.79 Å². The molecule has 2 aromatic carbocycles. The number of ether oxygens (including phenoxy) is 2. The maximum Gasteiger partial charge on any atom is 0.352 e. The summed E-state index contributed by atoms with van der Waals surface area (Å²) in [6.07, 6.45) is -0.800. The third kappa shape index (κ3) is 4.17. The normalized spacial score (nSPS) is 11.5. The molecule has 6 nitrogen and oxygen atoms in total. The predicted molar refractivity (Wildman–Crippen MR) is 88.0 cm³/mol. The van der Waals surface area contributed by atoms with Gasteiger partial charge in [-0.3, -0.25) is 10.1 Å². The largest absolute Gasteiger partial charge is 0.478 e. The number of nitro groups is 1. The number of non-ortho nitro benzene ring substituents is 1. The fourth-order valence-electron chi connectivity index (χ4n) is 1.61. The Bertz CT molecular complexity index is 687. The van der Waals surface area contributed by atoms with E-state index < -0.39 is 17.0 Å². The van der Waals surface area contributed by atoms with Crippen LogP contribution in [0.2, 0.25) is 0 Å². The molecule has 0 N–H and O–H groups in total. The SMILES string of the molecule is CC(Oc1ccccc1I)C(=O)Oc1ccc([N+](=O)[O-])cc1. The minimum Gasteiger partial charge on any atom is -0.478 e. The number of carbonyl (C=O) groups excluding carboxylic acids is 1. The van der Waals surface area contributed by atoms with Gasteiger partial charge in [-0.15, -0.1) is 0 Å². The van der Waals surface area contributed by atoms with Crippen LogP contribution < -0.4 is 9.47 Å². The molecule has 0 amide bonds. The van der Waals surface area contributed by atoms with E-state index >= 15 is 0 Å². The van der Waals surface area contributed by atoms with Gasteiger partial charge in [0.15, 0.2) is 6.10 Å². The summed E-state index contributed by atoms with van der Waals surface area (Å²) in [6.45, 7) is 1.58. The Hall–Kier alpha value is -2.16. The first kappa shape index (κ1) is 16.2. The van der Waals surface area contributed by atoms with Gasteiger partial charge in [0.1, 0.15) is 11.5 Å². The van der Waals surface area contributed by atoms with Gasteiger partial charge >= 0.3 is 5.97 Å². The number of halogens is 1. The van der Waals surface area contributed by atoms with Crippen LogP contribution in [0.1, 0.15) is 6.92 Å². The summed E-state index contributed by atoms with van der Waals surface area (Å²) in [7, 11) is 0. The molecule has 1 atom stereocenters. The Kier molecular flexibility index (Phi) is 5.31. The molecule has 0 aliphatic carbocycles.